The summed E-state index contributed by atoms with van der Waals surface area (Å²) < 4.78 is 10.5. The first-order valence-corrected chi connectivity index (χ1v) is 8.67. The first kappa shape index (κ1) is 19.8. The van der Waals surface area contributed by atoms with Gasteiger partial charge in [-0.1, -0.05) is 23.7 Å². The molecular formula is C19H19ClN2O3S. The molecule has 2 aromatic rings. The van der Waals surface area contributed by atoms with Gasteiger partial charge in [0, 0.05) is 11.8 Å². The van der Waals surface area contributed by atoms with Crippen LogP contribution in [0.3, 0.4) is 0 Å². The molecule has 26 heavy (non-hydrogen) atoms. The molecule has 5 nitrogen and oxygen atoms in total. The Kier molecular flexibility index (Phi) is 7.44. The van der Waals surface area contributed by atoms with Gasteiger partial charge < -0.3 is 14.8 Å². The molecule has 0 spiro atoms. The lowest BCUT2D eigenvalue weighted by Crippen LogP contribution is -2.32. The number of hydrogen-bond acceptors (Lipinski definition) is 4. The van der Waals surface area contributed by atoms with Crippen LogP contribution in [0, 0.1) is 0 Å². The molecule has 0 radical (unpaired) electrons. The monoisotopic (exact) mass is 390 g/mol. The van der Waals surface area contributed by atoms with Crippen molar-refractivity contribution in [3.8, 4) is 11.5 Å². The van der Waals surface area contributed by atoms with Crippen LogP contribution in [0.25, 0.3) is 6.08 Å². The van der Waals surface area contributed by atoms with Crippen LogP contribution < -0.4 is 20.1 Å². The molecule has 0 bridgehead atoms. The molecule has 0 aliphatic carbocycles. The molecule has 0 unspecified atom stereocenters. The van der Waals surface area contributed by atoms with E-state index in [0.29, 0.717) is 23.1 Å². The summed E-state index contributed by atoms with van der Waals surface area (Å²) in [7, 11) is 1.54. The highest BCUT2D eigenvalue weighted by Gasteiger charge is 2.05. The molecule has 136 valence electrons. The Bertz CT molecular complexity index is 807. The summed E-state index contributed by atoms with van der Waals surface area (Å²) in [5.74, 6) is 1.01. The molecule has 2 aromatic carbocycles. The second-order valence-corrected chi connectivity index (χ2v) is 5.94. The zero-order valence-electron chi connectivity index (χ0n) is 14.4. The number of halogens is 1. The van der Waals surface area contributed by atoms with Gasteiger partial charge in [0.1, 0.15) is 11.5 Å². The van der Waals surface area contributed by atoms with E-state index in [1.807, 2.05) is 31.2 Å². The Hall–Kier alpha value is -2.57. The summed E-state index contributed by atoms with van der Waals surface area (Å²) >= 11 is 11.2. The minimum absolute atomic E-state index is 0.174. The first-order valence-electron chi connectivity index (χ1n) is 7.88. The number of thiocarbonyl (C=S) groups is 1. The number of hydrogen-bond donors (Lipinski definition) is 2. The highest BCUT2D eigenvalue weighted by Crippen LogP contribution is 2.27. The predicted octanol–water partition coefficient (Wildman–Crippen LogP) is 4.27. The smallest absolute Gasteiger partial charge is 0.250 e. The van der Waals surface area contributed by atoms with Gasteiger partial charge >= 0.3 is 0 Å². The van der Waals surface area contributed by atoms with Gasteiger partial charge in [-0.15, -0.1) is 0 Å². The van der Waals surface area contributed by atoms with Crippen LogP contribution in [0.1, 0.15) is 12.5 Å². The number of anilines is 1. The second-order valence-electron chi connectivity index (χ2n) is 5.13. The van der Waals surface area contributed by atoms with Crippen molar-refractivity contribution in [2.75, 3.05) is 19.0 Å². The third-order valence-electron chi connectivity index (χ3n) is 3.26. The van der Waals surface area contributed by atoms with E-state index < -0.39 is 0 Å². The van der Waals surface area contributed by atoms with E-state index in [-0.39, 0.29) is 11.0 Å². The van der Waals surface area contributed by atoms with Crippen molar-refractivity contribution >= 4 is 46.6 Å². The van der Waals surface area contributed by atoms with E-state index in [2.05, 4.69) is 10.6 Å². The van der Waals surface area contributed by atoms with Gasteiger partial charge in [0.15, 0.2) is 5.11 Å². The maximum absolute atomic E-state index is 12.0. The van der Waals surface area contributed by atoms with E-state index in [1.165, 1.54) is 13.2 Å². The van der Waals surface area contributed by atoms with Gasteiger partial charge in [-0.2, -0.15) is 0 Å². The van der Waals surface area contributed by atoms with Crippen molar-refractivity contribution < 1.29 is 14.3 Å². The molecule has 0 heterocycles. The van der Waals surface area contributed by atoms with E-state index >= 15 is 0 Å². The predicted molar refractivity (Wildman–Crippen MR) is 109 cm³/mol. The molecule has 7 heteroatoms. The van der Waals surface area contributed by atoms with Crippen molar-refractivity contribution in [2.45, 2.75) is 6.92 Å². The molecule has 0 aliphatic heterocycles. The lowest BCUT2D eigenvalue weighted by molar-refractivity contribution is -0.115. The van der Waals surface area contributed by atoms with Gasteiger partial charge in [-0.3, -0.25) is 10.1 Å². The SMILES string of the molecule is CCOc1ccc(/C=C/C(=O)NC(=S)Nc2ccc(OC)c(Cl)c2)cc1. The lowest BCUT2D eigenvalue weighted by atomic mass is 10.2. The molecular weight excluding hydrogens is 372 g/mol. The van der Waals surface area contributed by atoms with Gasteiger partial charge in [0.25, 0.3) is 0 Å². The van der Waals surface area contributed by atoms with Crippen molar-refractivity contribution in [3.63, 3.8) is 0 Å². The average molecular weight is 391 g/mol. The van der Waals surface area contributed by atoms with Crippen LogP contribution in [0.4, 0.5) is 5.69 Å². The van der Waals surface area contributed by atoms with Crippen molar-refractivity contribution in [3.05, 3.63) is 59.1 Å². The summed E-state index contributed by atoms with van der Waals surface area (Å²) in [6, 6.07) is 12.5. The summed E-state index contributed by atoms with van der Waals surface area (Å²) in [6.07, 6.45) is 3.10. The Balaban J connectivity index is 1.88. The van der Waals surface area contributed by atoms with Gasteiger partial charge in [-0.25, -0.2) is 0 Å². The average Bonchev–Trinajstić information content (AvgIpc) is 2.61. The van der Waals surface area contributed by atoms with Crippen LogP contribution in [0.15, 0.2) is 48.5 Å². The number of carbonyl (C=O) groups excluding carboxylic acids is 1. The molecule has 1 amide bonds. The second kappa shape index (κ2) is 9.79. The highest BCUT2D eigenvalue weighted by molar-refractivity contribution is 7.80. The molecule has 0 aliphatic rings. The number of benzene rings is 2. The van der Waals surface area contributed by atoms with E-state index in [0.717, 1.165) is 11.3 Å². The van der Waals surface area contributed by atoms with Gasteiger partial charge in [-0.05, 0) is 61.1 Å². The number of nitrogens with one attached hydrogen (secondary N) is 2. The maximum Gasteiger partial charge on any atom is 0.250 e. The molecule has 0 aromatic heterocycles. The summed E-state index contributed by atoms with van der Waals surface area (Å²) in [5, 5.41) is 6.09. The minimum atomic E-state index is -0.337. The van der Waals surface area contributed by atoms with E-state index in [4.69, 9.17) is 33.3 Å². The maximum atomic E-state index is 12.0. The van der Waals surface area contributed by atoms with Crippen LogP contribution in [0.2, 0.25) is 5.02 Å². The third-order valence-corrected chi connectivity index (χ3v) is 3.76. The van der Waals surface area contributed by atoms with Crippen molar-refractivity contribution in [1.29, 1.82) is 0 Å². The van der Waals surface area contributed by atoms with Crippen molar-refractivity contribution in [1.82, 2.24) is 5.32 Å². The summed E-state index contributed by atoms with van der Waals surface area (Å²) in [4.78, 5) is 12.0. The zero-order valence-corrected chi connectivity index (χ0v) is 16.0. The van der Waals surface area contributed by atoms with E-state index in [1.54, 1.807) is 24.3 Å². The fourth-order valence-electron chi connectivity index (χ4n) is 2.07. The number of rotatable bonds is 6. The van der Waals surface area contributed by atoms with Gasteiger partial charge in [0.2, 0.25) is 5.91 Å². The fraction of sp³-hybridized carbons (Fsp3) is 0.158. The van der Waals surface area contributed by atoms with Crippen LogP contribution in [-0.4, -0.2) is 24.7 Å². The minimum Gasteiger partial charge on any atom is -0.495 e. The quantitative estimate of drug-likeness (QED) is 0.569. The van der Waals surface area contributed by atoms with Gasteiger partial charge in [0.05, 0.1) is 18.7 Å². The Labute approximate surface area is 163 Å². The molecule has 0 saturated carbocycles. The largest absolute Gasteiger partial charge is 0.495 e. The third kappa shape index (κ3) is 6.06. The normalized spacial score (nSPS) is 10.4. The molecule has 0 atom stereocenters. The Morgan fingerprint density at radius 1 is 1.23 bits per heavy atom. The number of methoxy groups -OCH3 is 1. The van der Waals surface area contributed by atoms with Crippen LogP contribution in [0.5, 0.6) is 11.5 Å². The van der Waals surface area contributed by atoms with Crippen LogP contribution in [-0.2, 0) is 4.79 Å². The fourth-order valence-corrected chi connectivity index (χ4v) is 2.55. The molecule has 0 fully saturated rings. The Morgan fingerprint density at radius 3 is 2.58 bits per heavy atom. The molecule has 2 rings (SSSR count). The first-order chi connectivity index (χ1) is 12.5. The van der Waals surface area contributed by atoms with Crippen molar-refractivity contribution in [2.24, 2.45) is 0 Å². The molecule has 0 saturated heterocycles. The molecule has 2 N–H and O–H groups in total. The van der Waals surface area contributed by atoms with E-state index in [9.17, 15) is 4.79 Å². The zero-order chi connectivity index (χ0) is 18.9. The summed E-state index contributed by atoms with van der Waals surface area (Å²) in [6.45, 7) is 2.54. The lowest BCUT2D eigenvalue weighted by Gasteiger charge is -2.10. The highest BCUT2D eigenvalue weighted by atomic mass is 35.5. The Morgan fingerprint density at radius 2 is 1.96 bits per heavy atom. The van der Waals surface area contributed by atoms with Crippen LogP contribution >= 0.6 is 23.8 Å². The summed E-state index contributed by atoms with van der Waals surface area (Å²) in [5.41, 5.74) is 1.53. The number of carbonyl (C=O) groups is 1. The standard InChI is InChI=1S/C19H19ClN2O3S/c1-3-25-15-8-4-13(5-9-15)6-11-18(23)22-19(26)21-14-7-10-17(24-2)16(20)12-14/h4-12H,3H2,1-2H3,(H2,21,22,23,26)/b11-6+. The number of amides is 1. The number of ether oxygens (including phenoxy) is 2. The topological polar surface area (TPSA) is 59.6 Å².